The van der Waals surface area contributed by atoms with E-state index in [0.29, 0.717) is 22.2 Å². The highest BCUT2D eigenvalue weighted by Crippen LogP contribution is 2.36. The van der Waals surface area contributed by atoms with Crippen LogP contribution in [0.3, 0.4) is 0 Å². The summed E-state index contributed by atoms with van der Waals surface area (Å²) in [7, 11) is 0. The van der Waals surface area contributed by atoms with Crippen molar-refractivity contribution in [3.05, 3.63) is 40.5 Å². The van der Waals surface area contributed by atoms with Gasteiger partial charge in [-0.2, -0.15) is 13.2 Å². The van der Waals surface area contributed by atoms with Crippen LogP contribution in [0.4, 0.5) is 24.7 Å². The van der Waals surface area contributed by atoms with E-state index in [2.05, 4.69) is 37.3 Å². The predicted octanol–water partition coefficient (Wildman–Crippen LogP) is 9.11. The summed E-state index contributed by atoms with van der Waals surface area (Å²) in [6, 6.07) is 6.72. The molecule has 0 atom stereocenters. The molecule has 0 spiro atoms. The number of nitrogens with zero attached hydrogens (tertiary/aromatic N) is 4. The third kappa shape index (κ3) is 9.04. The zero-order valence-electron chi connectivity index (χ0n) is 21.5. The van der Waals surface area contributed by atoms with Crippen molar-refractivity contribution >= 4 is 46.4 Å². The first-order valence-electron chi connectivity index (χ1n) is 12.5. The van der Waals surface area contributed by atoms with Gasteiger partial charge in [0, 0.05) is 42.2 Å². The van der Waals surface area contributed by atoms with Gasteiger partial charge in [-0.05, 0) is 37.0 Å². The van der Waals surface area contributed by atoms with E-state index >= 15 is 0 Å². The normalized spacial score (nSPS) is 11.8. The molecular weight excluding hydrogens is 539 g/mol. The maximum atomic E-state index is 12.5. The monoisotopic (exact) mass is 571 g/mol. The molecule has 0 unspecified atom stereocenters. The van der Waals surface area contributed by atoms with E-state index in [-0.39, 0.29) is 17.6 Å². The van der Waals surface area contributed by atoms with E-state index < -0.39 is 5.51 Å². The molecular formula is C26H33ClF3N5S2. The Morgan fingerprint density at radius 2 is 1.73 bits per heavy atom. The highest BCUT2D eigenvalue weighted by atomic mass is 35.5. The van der Waals surface area contributed by atoms with E-state index in [9.17, 15) is 13.2 Å². The Morgan fingerprint density at radius 1 is 1.03 bits per heavy atom. The maximum absolute atomic E-state index is 12.5. The van der Waals surface area contributed by atoms with Crippen LogP contribution in [0.2, 0.25) is 5.02 Å². The molecule has 0 amide bonds. The number of rotatable bonds is 13. The number of hydrogen-bond acceptors (Lipinski definition) is 7. The summed E-state index contributed by atoms with van der Waals surface area (Å²) in [5.41, 5.74) is -2.05. The first kappa shape index (κ1) is 29.5. The summed E-state index contributed by atoms with van der Waals surface area (Å²) in [5, 5.41) is 2.96. The quantitative estimate of drug-likeness (QED) is 0.206. The highest BCUT2D eigenvalue weighted by Gasteiger charge is 2.29. The second-order valence-corrected chi connectivity index (χ2v) is 11.3. The van der Waals surface area contributed by atoms with Crippen LogP contribution in [-0.4, -0.2) is 33.5 Å². The Labute approximate surface area is 230 Å². The van der Waals surface area contributed by atoms with Crippen molar-refractivity contribution in [1.82, 2.24) is 15.0 Å². The number of anilines is 2. The molecule has 37 heavy (non-hydrogen) atoms. The van der Waals surface area contributed by atoms with Gasteiger partial charge in [0.2, 0.25) is 0 Å². The van der Waals surface area contributed by atoms with Crippen molar-refractivity contribution in [2.45, 2.75) is 65.3 Å². The molecule has 5 nitrogen and oxygen atoms in total. The molecule has 202 valence electrons. The minimum absolute atomic E-state index is 0.268. The van der Waals surface area contributed by atoms with Gasteiger partial charge in [0.25, 0.3) is 0 Å². The van der Waals surface area contributed by atoms with Crippen LogP contribution in [0.15, 0.2) is 29.6 Å². The van der Waals surface area contributed by atoms with Crippen molar-refractivity contribution in [3.8, 4) is 22.0 Å². The molecule has 0 saturated heterocycles. The molecule has 0 bridgehead atoms. The van der Waals surface area contributed by atoms with Gasteiger partial charge < -0.3 is 9.62 Å². The molecule has 2 aromatic heterocycles. The smallest absolute Gasteiger partial charge is 0.356 e. The molecule has 0 saturated carbocycles. The molecule has 0 fully saturated rings. The van der Waals surface area contributed by atoms with E-state index in [1.165, 1.54) is 17.4 Å². The first-order valence-corrected chi connectivity index (χ1v) is 14.6. The largest absolute Gasteiger partial charge is 0.461 e. The topological polar surface area (TPSA) is 53.9 Å². The first-order chi connectivity index (χ1) is 17.6. The Balaban J connectivity index is 1.92. The lowest BCUT2D eigenvalue weighted by atomic mass is 10.1. The molecule has 11 heteroatoms. The fourth-order valence-corrected chi connectivity index (χ4v) is 5.09. The van der Waals surface area contributed by atoms with Crippen molar-refractivity contribution in [3.63, 3.8) is 0 Å². The fraction of sp³-hybridized carbons (Fsp3) is 0.500. The number of alkyl halides is 3. The van der Waals surface area contributed by atoms with E-state index in [1.54, 1.807) is 12.1 Å². The maximum Gasteiger partial charge on any atom is 0.461 e. The van der Waals surface area contributed by atoms with Gasteiger partial charge in [-0.25, -0.2) is 15.0 Å². The number of halogens is 4. The standard InChI is InChI=1S/C26H33ClF3N5S2/c1-5-7-11-35(12-8-6-2)24-15-21(31-23(33-24)13-17(3)4)25-32-22(16-36-25)19-10-9-18(14-20(19)27)34-37-26(28,29)30/h9-10,14-17,34H,5-8,11-13H2,1-4H3. The van der Waals surface area contributed by atoms with E-state index in [1.807, 2.05) is 11.4 Å². The second kappa shape index (κ2) is 13.7. The van der Waals surface area contributed by atoms with Gasteiger partial charge >= 0.3 is 5.51 Å². The van der Waals surface area contributed by atoms with Gasteiger partial charge in [0.05, 0.1) is 22.7 Å². The minimum Gasteiger partial charge on any atom is -0.356 e. The zero-order valence-corrected chi connectivity index (χ0v) is 23.9. The lowest BCUT2D eigenvalue weighted by Crippen LogP contribution is -2.27. The summed E-state index contributed by atoms with van der Waals surface area (Å²) in [6.45, 7) is 10.6. The van der Waals surface area contributed by atoms with Crippen molar-refractivity contribution in [1.29, 1.82) is 0 Å². The lowest BCUT2D eigenvalue weighted by Gasteiger charge is -2.24. The summed E-state index contributed by atoms with van der Waals surface area (Å²) in [5.74, 6) is 2.14. The lowest BCUT2D eigenvalue weighted by molar-refractivity contribution is -0.0323. The van der Waals surface area contributed by atoms with Gasteiger partial charge in [0.15, 0.2) is 0 Å². The second-order valence-electron chi connectivity index (χ2n) is 9.20. The Morgan fingerprint density at radius 3 is 2.32 bits per heavy atom. The van der Waals surface area contributed by atoms with Crippen LogP contribution in [0.25, 0.3) is 22.0 Å². The molecule has 3 aromatic rings. The van der Waals surface area contributed by atoms with E-state index in [0.717, 1.165) is 67.5 Å². The van der Waals surface area contributed by atoms with Gasteiger partial charge in [-0.1, -0.05) is 52.1 Å². The highest BCUT2D eigenvalue weighted by molar-refractivity contribution is 8.01. The van der Waals surface area contributed by atoms with Gasteiger partial charge in [-0.15, -0.1) is 11.3 Å². The fourth-order valence-electron chi connectivity index (χ4n) is 3.67. The number of aromatic nitrogens is 3. The summed E-state index contributed by atoms with van der Waals surface area (Å²) in [6.07, 6.45) is 5.17. The van der Waals surface area contributed by atoms with Crippen LogP contribution in [0.1, 0.15) is 59.2 Å². The predicted molar refractivity (Wildman–Crippen MR) is 151 cm³/mol. The van der Waals surface area contributed by atoms with Gasteiger partial charge in [-0.3, -0.25) is 0 Å². The molecule has 0 radical (unpaired) electrons. The molecule has 3 rings (SSSR count). The molecule has 2 heterocycles. The molecule has 1 aromatic carbocycles. The average Bonchev–Trinajstić information content (AvgIpc) is 3.32. The van der Waals surface area contributed by atoms with Crippen LogP contribution < -0.4 is 9.62 Å². The molecule has 0 aliphatic carbocycles. The number of unbranched alkanes of at least 4 members (excludes halogenated alkanes) is 2. The SMILES string of the molecule is CCCCN(CCCC)c1cc(-c2nc(-c3ccc(NSC(F)(F)F)cc3Cl)cs2)nc(CC(C)C)n1. The van der Waals surface area contributed by atoms with Crippen LogP contribution in [0, 0.1) is 5.92 Å². The van der Waals surface area contributed by atoms with Crippen LogP contribution in [0.5, 0.6) is 0 Å². The number of thiazole rings is 1. The third-order valence-electron chi connectivity index (χ3n) is 5.49. The Hall–Kier alpha value is -2.04. The summed E-state index contributed by atoms with van der Waals surface area (Å²) in [4.78, 5) is 16.9. The van der Waals surface area contributed by atoms with Crippen molar-refractivity contribution in [2.75, 3.05) is 22.7 Å². The number of nitrogens with one attached hydrogen (secondary N) is 1. The van der Waals surface area contributed by atoms with Crippen molar-refractivity contribution in [2.24, 2.45) is 5.92 Å². The van der Waals surface area contributed by atoms with Crippen LogP contribution in [-0.2, 0) is 6.42 Å². The summed E-state index contributed by atoms with van der Waals surface area (Å²) >= 11 is 7.55. The number of benzene rings is 1. The van der Waals surface area contributed by atoms with E-state index in [4.69, 9.17) is 26.6 Å². The molecule has 1 N–H and O–H groups in total. The van der Waals surface area contributed by atoms with Crippen molar-refractivity contribution < 1.29 is 13.2 Å². The molecule has 0 aliphatic heterocycles. The molecule has 0 aliphatic rings. The number of hydrogen-bond donors (Lipinski definition) is 1. The minimum atomic E-state index is -4.39. The summed E-state index contributed by atoms with van der Waals surface area (Å²) < 4.78 is 39.8. The average molecular weight is 572 g/mol. The van der Waals surface area contributed by atoms with Crippen LogP contribution >= 0.6 is 34.9 Å². The Kier molecular flexibility index (Phi) is 10.9. The Bertz CT molecular complexity index is 1150. The third-order valence-corrected chi connectivity index (χ3v) is 7.24. The van der Waals surface area contributed by atoms with Gasteiger partial charge in [0.1, 0.15) is 22.3 Å². The zero-order chi connectivity index (χ0) is 27.0.